The Balaban J connectivity index is 5.38. The highest BCUT2D eigenvalue weighted by molar-refractivity contribution is 5.97. The van der Waals surface area contributed by atoms with Gasteiger partial charge in [-0.3, -0.25) is 4.79 Å². The van der Waals surface area contributed by atoms with E-state index in [0.717, 1.165) is 25.7 Å². The van der Waals surface area contributed by atoms with Gasteiger partial charge in [-0.2, -0.15) is 0 Å². The molecule has 4 heteroatoms. The average molecular weight is 270 g/mol. The van der Waals surface area contributed by atoms with E-state index in [4.69, 9.17) is 9.47 Å². The van der Waals surface area contributed by atoms with Crippen molar-refractivity contribution in [3.05, 3.63) is 12.2 Å². The van der Waals surface area contributed by atoms with E-state index in [1.54, 1.807) is 0 Å². The van der Waals surface area contributed by atoms with Crippen LogP contribution in [0.1, 0.15) is 52.4 Å². The highest BCUT2D eigenvalue weighted by Crippen LogP contribution is 2.39. The van der Waals surface area contributed by atoms with E-state index in [-0.39, 0.29) is 11.5 Å². The molecule has 0 bridgehead atoms. The van der Waals surface area contributed by atoms with Crippen molar-refractivity contribution in [3.63, 3.8) is 0 Å². The van der Waals surface area contributed by atoms with Crippen molar-refractivity contribution in [3.8, 4) is 0 Å². The van der Waals surface area contributed by atoms with Gasteiger partial charge in [-0.05, 0) is 12.8 Å². The molecular formula is C15H26O4. The summed E-state index contributed by atoms with van der Waals surface area (Å²) in [6.07, 6.45) is 4.72. The molecule has 0 amide bonds. The minimum Gasteiger partial charge on any atom is -0.468 e. The zero-order valence-electron chi connectivity index (χ0n) is 12.6. The molecule has 0 atom stereocenters. The summed E-state index contributed by atoms with van der Waals surface area (Å²) >= 11 is 0. The third-order valence-electron chi connectivity index (χ3n) is 3.50. The number of carbonyl (C=O) groups is 2. The zero-order chi connectivity index (χ0) is 14.9. The third-order valence-corrected chi connectivity index (χ3v) is 3.50. The van der Waals surface area contributed by atoms with Gasteiger partial charge in [0.15, 0.2) is 0 Å². The molecule has 0 heterocycles. The molecule has 0 radical (unpaired) electrons. The van der Waals surface area contributed by atoms with Crippen LogP contribution in [0.2, 0.25) is 0 Å². The highest BCUT2D eigenvalue weighted by Gasteiger charge is 2.44. The maximum absolute atomic E-state index is 12.2. The normalized spacial score (nSPS) is 10.9. The Morgan fingerprint density at radius 2 is 1.47 bits per heavy atom. The molecule has 110 valence electrons. The summed E-state index contributed by atoms with van der Waals surface area (Å²) in [5.41, 5.74) is -0.725. The average Bonchev–Trinajstić information content (AvgIpc) is 2.45. The summed E-state index contributed by atoms with van der Waals surface area (Å²) in [7, 11) is 2.65. The van der Waals surface area contributed by atoms with E-state index < -0.39 is 11.4 Å². The predicted octanol–water partition coefficient (Wildman–Crippen LogP) is 3.26. The first-order valence-electron chi connectivity index (χ1n) is 6.86. The Morgan fingerprint density at radius 1 is 1.00 bits per heavy atom. The molecular weight excluding hydrogens is 244 g/mol. The Hall–Kier alpha value is -1.32. The minimum atomic E-state index is -0.937. The van der Waals surface area contributed by atoms with Crippen molar-refractivity contribution in [1.29, 1.82) is 0 Å². The van der Waals surface area contributed by atoms with Crippen LogP contribution in [-0.2, 0) is 19.1 Å². The molecule has 4 nitrogen and oxygen atoms in total. The number of rotatable bonds is 9. The van der Waals surface area contributed by atoms with Crippen LogP contribution in [0.15, 0.2) is 12.2 Å². The second-order valence-corrected chi connectivity index (χ2v) is 4.75. The lowest BCUT2D eigenvalue weighted by atomic mass is 9.72. The van der Waals surface area contributed by atoms with Gasteiger partial charge in [0.2, 0.25) is 0 Å². The summed E-state index contributed by atoms with van der Waals surface area (Å²) in [5.74, 6) is -0.914. The third kappa shape index (κ3) is 4.37. The summed E-state index contributed by atoms with van der Waals surface area (Å²) < 4.78 is 9.64. The van der Waals surface area contributed by atoms with Crippen LogP contribution in [0.4, 0.5) is 0 Å². The van der Waals surface area contributed by atoms with Crippen LogP contribution >= 0.6 is 0 Å². The first kappa shape index (κ1) is 17.7. The second-order valence-electron chi connectivity index (χ2n) is 4.75. The number of hydrogen-bond acceptors (Lipinski definition) is 4. The Bertz CT molecular complexity index is 312. The number of esters is 2. The molecule has 0 unspecified atom stereocenters. The summed E-state index contributed by atoms with van der Waals surface area (Å²) in [6.45, 7) is 7.89. The maximum atomic E-state index is 12.2. The van der Waals surface area contributed by atoms with Gasteiger partial charge in [-0.1, -0.05) is 46.1 Å². The van der Waals surface area contributed by atoms with E-state index in [0.29, 0.717) is 12.8 Å². The fourth-order valence-electron chi connectivity index (χ4n) is 2.23. The van der Waals surface area contributed by atoms with Crippen molar-refractivity contribution in [2.45, 2.75) is 52.4 Å². The van der Waals surface area contributed by atoms with Gasteiger partial charge in [0.05, 0.1) is 19.6 Å². The van der Waals surface area contributed by atoms with Gasteiger partial charge in [-0.25, -0.2) is 4.79 Å². The first-order valence-corrected chi connectivity index (χ1v) is 6.86. The van der Waals surface area contributed by atoms with Crippen LogP contribution in [0.5, 0.6) is 0 Å². The monoisotopic (exact) mass is 270 g/mol. The smallest absolute Gasteiger partial charge is 0.334 e. The van der Waals surface area contributed by atoms with Gasteiger partial charge in [0.1, 0.15) is 0 Å². The molecule has 0 aromatic carbocycles. The second kappa shape index (κ2) is 8.73. The fourth-order valence-corrected chi connectivity index (χ4v) is 2.23. The Morgan fingerprint density at radius 3 is 1.79 bits per heavy atom. The largest absolute Gasteiger partial charge is 0.468 e. The van der Waals surface area contributed by atoms with Gasteiger partial charge >= 0.3 is 11.9 Å². The molecule has 0 fully saturated rings. The van der Waals surface area contributed by atoms with E-state index in [1.165, 1.54) is 14.2 Å². The lowest BCUT2D eigenvalue weighted by Crippen LogP contribution is -2.37. The molecule has 0 saturated carbocycles. The van der Waals surface area contributed by atoms with E-state index in [9.17, 15) is 9.59 Å². The number of methoxy groups -OCH3 is 2. The van der Waals surface area contributed by atoms with Crippen molar-refractivity contribution in [2.75, 3.05) is 14.2 Å². The Labute approximate surface area is 116 Å². The zero-order valence-corrected chi connectivity index (χ0v) is 12.6. The standard InChI is InChI=1S/C15H26O4/c1-6-8-10-15(11-9-7-2,14(17)19-5)12(3)13(16)18-4/h3,6-11H2,1-2,4-5H3. The molecule has 19 heavy (non-hydrogen) atoms. The van der Waals surface area contributed by atoms with Crippen LogP contribution in [0, 0.1) is 5.41 Å². The molecule has 0 aromatic rings. The van der Waals surface area contributed by atoms with E-state index >= 15 is 0 Å². The SMILES string of the molecule is C=C(C(=O)OC)C(CCCC)(CCCC)C(=O)OC. The molecule has 0 aliphatic rings. The number of hydrogen-bond donors (Lipinski definition) is 0. The van der Waals surface area contributed by atoms with E-state index in [2.05, 4.69) is 6.58 Å². The van der Waals surface area contributed by atoms with Crippen molar-refractivity contribution in [1.82, 2.24) is 0 Å². The maximum Gasteiger partial charge on any atom is 0.334 e. The number of ether oxygens (including phenoxy) is 2. The molecule has 0 spiro atoms. The van der Waals surface area contributed by atoms with Crippen LogP contribution in [-0.4, -0.2) is 26.2 Å². The van der Waals surface area contributed by atoms with Gasteiger partial charge in [0, 0.05) is 5.57 Å². The number of carbonyl (C=O) groups excluding carboxylic acids is 2. The quantitative estimate of drug-likeness (QED) is 0.476. The highest BCUT2D eigenvalue weighted by atomic mass is 16.5. The Kier molecular flexibility index (Phi) is 8.12. The van der Waals surface area contributed by atoms with Crippen molar-refractivity contribution < 1.29 is 19.1 Å². The van der Waals surface area contributed by atoms with Crippen molar-refractivity contribution >= 4 is 11.9 Å². The van der Waals surface area contributed by atoms with Gasteiger partial charge in [-0.15, -0.1) is 0 Å². The summed E-state index contributed by atoms with van der Waals surface area (Å²) in [5, 5.41) is 0. The van der Waals surface area contributed by atoms with E-state index in [1.807, 2.05) is 13.8 Å². The molecule has 0 aromatic heterocycles. The summed E-state index contributed by atoms with van der Waals surface area (Å²) in [4.78, 5) is 24.0. The van der Waals surface area contributed by atoms with Crippen LogP contribution in [0.25, 0.3) is 0 Å². The van der Waals surface area contributed by atoms with Crippen molar-refractivity contribution in [2.24, 2.45) is 5.41 Å². The lowest BCUT2D eigenvalue weighted by molar-refractivity contribution is -0.154. The fraction of sp³-hybridized carbons (Fsp3) is 0.733. The van der Waals surface area contributed by atoms with Gasteiger partial charge < -0.3 is 9.47 Å². The predicted molar refractivity (Wildman–Crippen MR) is 74.7 cm³/mol. The molecule has 0 rings (SSSR count). The van der Waals surface area contributed by atoms with Gasteiger partial charge in [0.25, 0.3) is 0 Å². The molecule has 0 aliphatic carbocycles. The molecule has 0 N–H and O–H groups in total. The van der Waals surface area contributed by atoms with Crippen LogP contribution in [0.3, 0.4) is 0 Å². The summed E-state index contributed by atoms with van der Waals surface area (Å²) in [6, 6.07) is 0. The lowest BCUT2D eigenvalue weighted by Gasteiger charge is -2.31. The molecule has 0 saturated heterocycles. The topological polar surface area (TPSA) is 52.6 Å². The molecule has 0 aliphatic heterocycles. The number of unbranched alkanes of at least 4 members (excludes halogenated alkanes) is 2. The van der Waals surface area contributed by atoms with Crippen LogP contribution < -0.4 is 0 Å². The first-order chi connectivity index (χ1) is 8.99. The minimum absolute atomic E-state index is 0.212.